The molecule has 1 aromatic carbocycles. The van der Waals surface area contributed by atoms with Gasteiger partial charge in [0.05, 0.1) is 38.7 Å². The SMILES string of the molecule is CC1(NCCO)CN(c2ncc(-c3n[nH]c4ccc(OCc5c(Cl)cncc5Cl)c(F)c34)cc2C#N)C1. The highest BCUT2D eigenvalue weighted by molar-refractivity contribution is 6.35. The Hall–Kier alpha value is -3.49. The number of halogens is 3. The summed E-state index contributed by atoms with van der Waals surface area (Å²) in [5, 5.41) is 30.1. The first kappa shape index (κ1) is 25.2. The molecular formula is C25H22Cl2FN7O2. The van der Waals surface area contributed by atoms with Crippen molar-refractivity contribution in [3.63, 3.8) is 0 Å². The molecule has 0 atom stereocenters. The Morgan fingerprint density at radius 3 is 2.73 bits per heavy atom. The molecule has 190 valence electrons. The van der Waals surface area contributed by atoms with E-state index in [0.717, 1.165) is 0 Å². The summed E-state index contributed by atoms with van der Waals surface area (Å²) >= 11 is 12.3. The van der Waals surface area contributed by atoms with E-state index < -0.39 is 5.82 Å². The van der Waals surface area contributed by atoms with Gasteiger partial charge in [0.25, 0.3) is 0 Å². The second-order valence-corrected chi connectivity index (χ2v) is 9.83. The van der Waals surface area contributed by atoms with Crippen LogP contribution in [0.25, 0.3) is 22.2 Å². The van der Waals surface area contributed by atoms with Gasteiger partial charge >= 0.3 is 0 Å². The van der Waals surface area contributed by atoms with Crippen molar-refractivity contribution < 1.29 is 14.2 Å². The lowest BCUT2D eigenvalue weighted by Crippen LogP contribution is -2.68. The standard InChI is InChI=1S/C25H22Cl2FN7O2/c1-25(32-4-5-36)12-35(13-25)24-14(7-29)6-15(8-31-24)23-21-19(33-34-23)2-3-20(22(21)28)37-11-16-17(26)9-30-10-18(16)27/h2-3,6,8-10,32,36H,4-5,11-13H2,1H3,(H,33,34). The number of aliphatic hydroxyl groups excluding tert-OH is 1. The number of benzene rings is 1. The number of H-pyrrole nitrogens is 1. The molecule has 0 spiro atoms. The highest BCUT2D eigenvalue weighted by atomic mass is 35.5. The number of ether oxygens (including phenoxy) is 1. The summed E-state index contributed by atoms with van der Waals surface area (Å²) in [5.74, 6) is -0.0667. The van der Waals surface area contributed by atoms with Crippen LogP contribution >= 0.6 is 23.2 Å². The highest BCUT2D eigenvalue weighted by Gasteiger charge is 2.39. The molecule has 1 aliphatic heterocycles. The lowest BCUT2D eigenvalue weighted by molar-refractivity contribution is 0.232. The van der Waals surface area contributed by atoms with Crippen LogP contribution in [0.2, 0.25) is 10.0 Å². The van der Waals surface area contributed by atoms with Crippen molar-refractivity contribution in [2.75, 3.05) is 31.1 Å². The number of β-amino-alcohol motifs (C(OH)–C–C–N with tert-alkyl or cyclic N) is 1. The molecule has 9 nitrogen and oxygen atoms in total. The van der Waals surface area contributed by atoms with Crippen LogP contribution < -0.4 is 15.0 Å². The average molecular weight is 542 g/mol. The predicted octanol–water partition coefficient (Wildman–Crippen LogP) is 4.08. The van der Waals surface area contributed by atoms with E-state index >= 15 is 4.39 Å². The van der Waals surface area contributed by atoms with Gasteiger partial charge in [-0.05, 0) is 25.1 Å². The van der Waals surface area contributed by atoms with Gasteiger partial charge in [-0.2, -0.15) is 10.4 Å². The molecule has 0 aliphatic carbocycles. The number of nitriles is 1. The van der Waals surface area contributed by atoms with Gasteiger partial charge in [0.15, 0.2) is 11.6 Å². The number of pyridine rings is 2. The van der Waals surface area contributed by atoms with Gasteiger partial charge in [-0.15, -0.1) is 0 Å². The fourth-order valence-electron chi connectivity index (χ4n) is 4.44. The third-order valence-electron chi connectivity index (χ3n) is 6.26. The third-order valence-corrected chi connectivity index (χ3v) is 6.91. The molecule has 3 N–H and O–H groups in total. The molecule has 12 heteroatoms. The van der Waals surface area contributed by atoms with Crippen molar-refractivity contribution in [3.8, 4) is 23.1 Å². The van der Waals surface area contributed by atoms with Crippen molar-refractivity contribution in [3.05, 3.63) is 63.8 Å². The molecule has 4 aromatic rings. The van der Waals surface area contributed by atoms with Gasteiger partial charge in [-0.25, -0.2) is 9.37 Å². The van der Waals surface area contributed by atoms with Gasteiger partial charge in [0, 0.05) is 49.4 Å². The minimum absolute atomic E-state index is 0.000532. The zero-order valence-corrected chi connectivity index (χ0v) is 21.2. The molecule has 0 unspecified atom stereocenters. The van der Waals surface area contributed by atoms with Crippen LogP contribution in [0.1, 0.15) is 18.1 Å². The van der Waals surface area contributed by atoms with E-state index in [1.54, 1.807) is 18.3 Å². The summed E-state index contributed by atoms with van der Waals surface area (Å²) in [6.45, 7) is 3.83. The Kier molecular flexibility index (Phi) is 6.88. The van der Waals surface area contributed by atoms with Crippen molar-refractivity contribution >= 4 is 39.9 Å². The summed E-state index contributed by atoms with van der Waals surface area (Å²) in [5.41, 5.74) is 1.95. The molecule has 4 heterocycles. The number of hydrogen-bond donors (Lipinski definition) is 3. The molecule has 0 bridgehead atoms. The number of aliphatic hydroxyl groups is 1. The normalized spacial score (nSPS) is 14.4. The number of fused-ring (bicyclic) bond motifs is 1. The molecule has 3 aromatic heterocycles. The number of hydrogen-bond acceptors (Lipinski definition) is 8. The van der Waals surface area contributed by atoms with E-state index in [0.29, 0.717) is 63.4 Å². The fraction of sp³-hybridized carbons (Fsp3) is 0.280. The zero-order valence-electron chi connectivity index (χ0n) is 19.7. The lowest BCUT2D eigenvalue weighted by atomic mass is 9.91. The highest BCUT2D eigenvalue weighted by Crippen LogP contribution is 2.36. The number of aromatic nitrogens is 4. The van der Waals surface area contributed by atoms with Gasteiger partial charge < -0.3 is 20.1 Å². The number of rotatable bonds is 8. The Morgan fingerprint density at radius 2 is 2.03 bits per heavy atom. The quantitative estimate of drug-likeness (QED) is 0.305. The molecule has 1 fully saturated rings. The minimum atomic E-state index is -0.612. The van der Waals surface area contributed by atoms with Gasteiger partial charge in [0.1, 0.15) is 24.2 Å². The van der Waals surface area contributed by atoms with Crippen molar-refractivity contribution in [2.45, 2.75) is 19.1 Å². The van der Waals surface area contributed by atoms with Crippen LogP contribution in [0, 0.1) is 17.1 Å². The lowest BCUT2D eigenvalue weighted by Gasteiger charge is -2.49. The van der Waals surface area contributed by atoms with Crippen LogP contribution in [0.4, 0.5) is 10.2 Å². The Morgan fingerprint density at radius 1 is 1.27 bits per heavy atom. The van der Waals surface area contributed by atoms with Gasteiger partial charge in [-0.3, -0.25) is 10.1 Å². The van der Waals surface area contributed by atoms with Crippen LogP contribution in [0.15, 0.2) is 36.8 Å². The number of nitrogens with one attached hydrogen (secondary N) is 2. The van der Waals surface area contributed by atoms with Gasteiger partial charge in [0.2, 0.25) is 0 Å². The zero-order chi connectivity index (χ0) is 26.2. The maximum Gasteiger partial charge on any atom is 0.176 e. The summed E-state index contributed by atoms with van der Waals surface area (Å²) < 4.78 is 21.3. The number of anilines is 1. The average Bonchev–Trinajstić information content (AvgIpc) is 3.31. The second kappa shape index (κ2) is 10.1. The Balaban J connectivity index is 1.42. The van der Waals surface area contributed by atoms with Crippen LogP contribution in [-0.4, -0.2) is 57.1 Å². The molecule has 0 saturated carbocycles. The minimum Gasteiger partial charge on any atom is -0.486 e. The number of nitrogens with zero attached hydrogens (tertiary/aromatic N) is 5. The molecule has 5 rings (SSSR count). The van der Waals surface area contributed by atoms with Crippen LogP contribution in [0.3, 0.4) is 0 Å². The van der Waals surface area contributed by atoms with E-state index in [1.165, 1.54) is 18.5 Å². The van der Waals surface area contributed by atoms with Crippen LogP contribution in [-0.2, 0) is 6.61 Å². The number of aromatic amines is 1. The van der Waals surface area contributed by atoms with E-state index in [-0.39, 0.29) is 29.9 Å². The summed E-state index contributed by atoms with van der Waals surface area (Å²) in [6, 6.07) is 7.00. The van der Waals surface area contributed by atoms with Crippen molar-refractivity contribution in [1.29, 1.82) is 5.26 Å². The van der Waals surface area contributed by atoms with E-state index in [4.69, 9.17) is 33.0 Å². The maximum atomic E-state index is 15.6. The molecule has 1 aliphatic rings. The van der Waals surface area contributed by atoms with Crippen molar-refractivity contribution in [1.82, 2.24) is 25.5 Å². The first-order valence-corrected chi connectivity index (χ1v) is 12.2. The topological polar surface area (TPSA) is 123 Å². The van der Waals surface area contributed by atoms with Gasteiger partial charge in [-0.1, -0.05) is 23.2 Å². The summed E-state index contributed by atoms with van der Waals surface area (Å²) in [4.78, 5) is 10.4. The largest absolute Gasteiger partial charge is 0.486 e. The smallest absolute Gasteiger partial charge is 0.176 e. The Labute approximate surface area is 221 Å². The second-order valence-electron chi connectivity index (χ2n) is 9.02. The molecular weight excluding hydrogens is 520 g/mol. The maximum absolute atomic E-state index is 15.6. The molecule has 1 saturated heterocycles. The molecule has 0 amide bonds. The molecule has 37 heavy (non-hydrogen) atoms. The first-order chi connectivity index (χ1) is 17.8. The van der Waals surface area contributed by atoms with E-state index in [2.05, 4.69) is 38.5 Å². The fourth-order valence-corrected chi connectivity index (χ4v) is 4.91. The molecule has 0 radical (unpaired) electrons. The third kappa shape index (κ3) is 4.79. The summed E-state index contributed by atoms with van der Waals surface area (Å²) in [6.07, 6.45) is 4.46. The van der Waals surface area contributed by atoms with E-state index in [1.807, 2.05) is 4.90 Å². The summed E-state index contributed by atoms with van der Waals surface area (Å²) in [7, 11) is 0. The first-order valence-electron chi connectivity index (χ1n) is 11.4. The Bertz CT molecular complexity index is 1490. The van der Waals surface area contributed by atoms with Crippen LogP contribution in [0.5, 0.6) is 5.75 Å². The van der Waals surface area contributed by atoms with E-state index in [9.17, 15) is 5.26 Å². The monoisotopic (exact) mass is 541 g/mol. The predicted molar refractivity (Wildman–Crippen MR) is 138 cm³/mol. The van der Waals surface area contributed by atoms with Crippen molar-refractivity contribution in [2.24, 2.45) is 0 Å².